The first kappa shape index (κ1) is 18.6. The van der Waals surface area contributed by atoms with Crippen LogP contribution in [0.15, 0.2) is 0 Å². The van der Waals surface area contributed by atoms with Crippen LogP contribution >= 0.6 is 0 Å². The lowest BCUT2D eigenvalue weighted by molar-refractivity contribution is -0.142. The molecule has 1 heterocycles. The molecule has 0 aromatic heterocycles. The van der Waals surface area contributed by atoms with Crippen molar-refractivity contribution in [3.63, 3.8) is 0 Å². The van der Waals surface area contributed by atoms with E-state index >= 15 is 0 Å². The fourth-order valence-electron chi connectivity index (χ4n) is 2.49. The van der Waals surface area contributed by atoms with E-state index in [1.807, 2.05) is 0 Å². The first-order valence-corrected chi connectivity index (χ1v) is 8.31. The van der Waals surface area contributed by atoms with Crippen molar-refractivity contribution in [2.24, 2.45) is 5.73 Å². The number of rotatable bonds is 12. The Morgan fingerprint density at radius 2 is 1.73 bits per heavy atom. The second-order valence-electron chi connectivity index (χ2n) is 5.81. The predicted molar refractivity (Wildman–Crippen MR) is 83.1 cm³/mol. The van der Waals surface area contributed by atoms with Gasteiger partial charge < -0.3 is 15.8 Å². The van der Waals surface area contributed by atoms with Gasteiger partial charge in [0.1, 0.15) is 11.8 Å². The van der Waals surface area contributed by atoms with Gasteiger partial charge in [0.15, 0.2) is 0 Å². The van der Waals surface area contributed by atoms with E-state index in [-0.39, 0.29) is 18.1 Å². The van der Waals surface area contributed by atoms with Crippen molar-refractivity contribution < 1.29 is 19.1 Å². The number of nitrogens with two attached hydrogens (primary N) is 1. The molecule has 126 valence electrons. The molecule has 1 rings (SSSR count). The summed E-state index contributed by atoms with van der Waals surface area (Å²) in [6, 6.07) is -0.575. The molecule has 1 fully saturated rings. The lowest BCUT2D eigenvalue weighted by atomic mass is 10.1. The highest BCUT2D eigenvalue weighted by Crippen LogP contribution is 2.10. The largest absolute Gasteiger partial charge is 0.464 e. The Bertz CT molecular complexity index is 371. The normalized spacial score (nSPS) is 17.3. The highest BCUT2D eigenvalue weighted by molar-refractivity contribution is 5.99. The van der Waals surface area contributed by atoms with E-state index in [2.05, 4.69) is 5.32 Å². The van der Waals surface area contributed by atoms with E-state index in [9.17, 15) is 14.4 Å². The van der Waals surface area contributed by atoms with Crippen molar-refractivity contribution >= 4 is 17.7 Å². The predicted octanol–water partition coefficient (Wildman–Crippen LogP) is 1.46. The molecule has 0 unspecified atom stereocenters. The molecule has 0 aliphatic carbocycles. The molecule has 6 nitrogen and oxygen atoms in total. The molecule has 3 N–H and O–H groups in total. The van der Waals surface area contributed by atoms with Gasteiger partial charge in [0, 0.05) is 12.8 Å². The van der Waals surface area contributed by atoms with Crippen LogP contribution in [0.4, 0.5) is 0 Å². The van der Waals surface area contributed by atoms with Crippen molar-refractivity contribution in [3.8, 4) is 0 Å². The molecular formula is C16H28N2O4. The smallest absolute Gasteiger partial charge is 0.328 e. The van der Waals surface area contributed by atoms with Gasteiger partial charge in [0.25, 0.3) is 0 Å². The van der Waals surface area contributed by atoms with Crippen molar-refractivity contribution in [3.05, 3.63) is 0 Å². The van der Waals surface area contributed by atoms with Crippen LogP contribution in [0.2, 0.25) is 0 Å². The molecule has 1 atom stereocenters. The molecule has 22 heavy (non-hydrogen) atoms. The van der Waals surface area contributed by atoms with Gasteiger partial charge in [0.05, 0.1) is 13.0 Å². The van der Waals surface area contributed by atoms with Crippen LogP contribution in [-0.4, -0.2) is 36.9 Å². The lowest BCUT2D eigenvalue weighted by Gasteiger charge is -2.08. The summed E-state index contributed by atoms with van der Waals surface area (Å²) in [4.78, 5) is 34.5. The van der Waals surface area contributed by atoms with E-state index in [0.29, 0.717) is 19.4 Å². The summed E-state index contributed by atoms with van der Waals surface area (Å²) in [5.41, 5.74) is 5.43. The quantitative estimate of drug-likeness (QED) is 0.323. The van der Waals surface area contributed by atoms with Gasteiger partial charge in [-0.05, 0) is 19.4 Å². The summed E-state index contributed by atoms with van der Waals surface area (Å²) < 4.78 is 4.75. The van der Waals surface area contributed by atoms with E-state index in [1.165, 1.54) is 19.3 Å². The van der Waals surface area contributed by atoms with E-state index in [4.69, 9.17) is 10.5 Å². The standard InChI is InChI=1S/C16H28N2O4/c17-10-7-5-3-1-2-4-6-8-13(19)12-15(20)18-14-9-11-22-16(14)21/h14H,1-12,17H2,(H,18,20)/t14-/m0/s1. The third-order valence-corrected chi connectivity index (χ3v) is 3.79. The number of ether oxygens (including phenoxy) is 1. The van der Waals surface area contributed by atoms with Crippen LogP contribution < -0.4 is 11.1 Å². The molecular weight excluding hydrogens is 284 g/mol. The van der Waals surface area contributed by atoms with Crippen LogP contribution in [0.3, 0.4) is 0 Å². The Labute approximate surface area is 132 Å². The Balaban J connectivity index is 1.98. The minimum absolute atomic E-state index is 0.0630. The number of unbranched alkanes of at least 4 members (excludes halogenated alkanes) is 6. The number of nitrogens with one attached hydrogen (secondary N) is 1. The topological polar surface area (TPSA) is 98.5 Å². The summed E-state index contributed by atoms with van der Waals surface area (Å²) in [6.45, 7) is 1.10. The maximum Gasteiger partial charge on any atom is 0.328 e. The molecule has 1 aliphatic heterocycles. The number of ketones is 1. The van der Waals surface area contributed by atoms with Crippen LogP contribution in [-0.2, 0) is 19.1 Å². The Morgan fingerprint density at radius 1 is 1.09 bits per heavy atom. The van der Waals surface area contributed by atoms with Crippen LogP contribution in [0.1, 0.15) is 64.2 Å². The number of Topliss-reactive ketones (excluding diaryl/α,β-unsaturated/α-hetero) is 1. The van der Waals surface area contributed by atoms with Crippen molar-refractivity contribution in [2.45, 2.75) is 70.3 Å². The lowest BCUT2D eigenvalue weighted by Crippen LogP contribution is -2.38. The van der Waals surface area contributed by atoms with E-state index < -0.39 is 12.0 Å². The molecule has 0 aromatic carbocycles. The number of hydrogen-bond donors (Lipinski definition) is 2. The molecule has 0 spiro atoms. The zero-order chi connectivity index (χ0) is 16.2. The number of cyclic esters (lactones) is 1. The van der Waals surface area contributed by atoms with E-state index in [0.717, 1.165) is 32.2 Å². The van der Waals surface area contributed by atoms with Gasteiger partial charge in [-0.15, -0.1) is 0 Å². The van der Waals surface area contributed by atoms with Crippen LogP contribution in [0, 0.1) is 0 Å². The summed E-state index contributed by atoms with van der Waals surface area (Å²) in [6.07, 6.45) is 8.40. The summed E-state index contributed by atoms with van der Waals surface area (Å²) in [5, 5.41) is 2.55. The third kappa shape index (κ3) is 8.12. The second-order valence-corrected chi connectivity index (χ2v) is 5.81. The highest BCUT2D eigenvalue weighted by atomic mass is 16.5. The first-order chi connectivity index (χ1) is 10.6. The minimum Gasteiger partial charge on any atom is -0.464 e. The van der Waals surface area contributed by atoms with Crippen LogP contribution in [0.25, 0.3) is 0 Å². The Hall–Kier alpha value is -1.43. The molecule has 1 saturated heterocycles. The first-order valence-electron chi connectivity index (χ1n) is 8.31. The molecule has 0 saturated carbocycles. The fraction of sp³-hybridized carbons (Fsp3) is 0.812. The average molecular weight is 312 g/mol. The Morgan fingerprint density at radius 3 is 2.32 bits per heavy atom. The molecule has 1 amide bonds. The average Bonchev–Trinajstić information content (AvgIpc) is 2.87. The van der Waals surface area contributed by atoms with Gasteiger partial charge >= 0.3 is 5.97 Å². The van der Waals surface area contributed by atoms with Gasteiger partial charge in [-0.25, -0.2) is 4.79 Å². The SMILES string of the molecule is NCCCCCCCCCC(=O)CC(=O)N[C@H]1CCOC1=O. The van der Waals surface area contributed by atoms with Gasteiger partial charge in [0.2, 0.25) is 5.91 Å². The summed E-state index contributed by atoms with van der Waals surface area (Å²) in [5.74, 6) is -0.849. The van der Waals surface area contributed by atoms with Gasteiger partial charge in [-0.3, -0.25) is 9.59 Å². The number of carbonyl (C=O) groups excluding carboxylic acids is 3. The molecule has 0 aromatic rings. The third-order valence-electron chi connectivity index (χ3n) is 3.79. The van der Waals surface area contributed by atoms with Gasteiger partial charge in [-0.1, -0.05) is 32.1 Å². The summed E-state index contributed by atoms with van der Waals surface area (Å²) >= 11 is 0. The number of amides is 1. The number of esters is 1. The highest BCUT2D eigenvalue weighted by Gasteiger charge is 2.28. The van der Waals surface area contributed by atoms with Gasteiger partial charge in [-0.2, -0.15) is 0 Å². The van der Waals surface area contributed by atoms with E-state index in [1.54, 1.807) is 0 Å². The van der Waals surface area contributed by atoms with Crippen molar-refractivity contribution in [1.29, 1.82) is 0 Å². The second kappa shape index (κ2) is 11.2. The zero-order valence-electron chi connectivity index (χ0n) is 13.3. The molecule has 1 aliphatic rings. The molecule has 0 radical (unpaired) electrons. The maximum atomic E-state index is 11.7. The monoisotopic (exact) mass is 312 g/mol. The molecule has 6 heteroatoms. The summed E-state index contributed by atoms with van der Waals surface area (Å²) in [7, 11) is 0. The number of carbonyl (C=O) groups is 3. The van der Waals surface area contributed by atoms with Crippen molar-refractivity contribution in [1.82, 2.24) is 5.32 Å². The molecule has 0 bridgehead atoms. The zero-order valence-corrected chi connectivity index (χ0v) is 13.3. The minimum atomic E-state index is -0.575. The van der Waals surface area contributed by atoms with Crippen molar-refractivity contribution in [2.75, 3.05) is 13.2 Å². The Kier molecular flexibility index (Phi) is 9.46. The fourth-order valence-corrected chi connectivity index (χ4v) is 2.49. The number of hydrogen-bond acceptors (Lipinski definition) is 5. The maximum absolute atomic E-state index is 11.7. The van der Waals surface area contributed by atoms with Crippen LogP contribution in [0.5, 0.6) is 0 Å².